The third kappa shape index (κ3) is 5.96. The lowest BCUT2D eigenvalue weighted by molar-refractivity contribution is 0.0954. The number of hydrogen-bond donors (Lipinski definition) is 2. The van der Waals surface area contributed by atoms with Crippen LogP contribution in [0.25, 0.3) is 0 Å². The second kappa shape index (κ2) is 9.98. The first kappa shape index (κ1) is 23.5. The van der Waals surface area contributed by atoms with Gasteiger partial charge >= 0.3 is 0 Å². The summed E-state index contributed by atoms with van der Waals surface area (Å²) < 4.78 is 0. The number of carbonyl (C=O) groups is 2. The average Bonchev–Trinajstić information content (AvgIpc) is 2.75. The van der Waals surface area contributed by atoms with E-state index in [1.165, 1.54) is 6.21 Å². The lowest BCUT2D eigenvalue weighted by Crippen LogP contribution is -2.18. The van der Waals surface area contributed by atoms with E-state index in [9.17, 15) is 9.59 Å². The van der Waals surface area contributed by atoms with Crippen LogP contribution in [0.3, 0.4) is 0 Å². The Morgan fingerprint density at radius 3 is 1.91 bits per heavy atom. The zero-order valence-corrected chi connectivity index (χ0v) is 19.5. The van der Waals surface area contributed by atoms with E-state index >= 15 is 0 Å². The number of benzene rings is 3. The molecule has 164 valence electrons. The number of amides is 2. The van der Waals surface area contributed by atoms with Crippen LogP contribution in [0, 0.1) is 0 Å². The number of hydrogen-bond acceptors (Lipinski definition) is 3. The first-order chi connectivity index (χ1) is 15.1. The van der Waals surface area contributed by atoms with Crippen LogP contribution in [0.1, 0.15) is 52.6 Å². The highest BCUT2D eigenvalue weighted by molar-refractivity contribution is 6.38. The van der Waals surface area contributed by atoms with Crippen molar-refractivity contribution in [3.05, 3.63) is 99.0 Å². The molecule has 2 amide bonds. The topological polar surface area (TPSA) is 70.6 Å². The van der Waals surface area contributed by atoms with Crippen LogP contribution in [-0.2, 0) is 5.41 Å². The van der Waals surface area contributed by atoms with Gasteiger partial charge in [-0.1, -0.05) is 62.2 Å². The summed E-state index contributed by atoms with van der Waals surface area (Å²) in [6, 6.07) is 19.1. The molecule has 0 aliphatic rings. The summed E-state index contributed by atoms with van der Waals surface area (Å²) in [5.74, 6) is -0.621. The molecule has 7 heteroatoms. The third-order valence-corrected chi connectivity index (χ3v) is 5.44. The number of anilines is 1. The number of carbonyl (C=O) groups excluding carboxylic acids is 2. The smallest absolute Gasteiger partial charge is 0.271 e. The second-order valence-corrected chi connectivity index (χ2v) is 9.01. The summed E-state index contributed by atoms with van der Waals surface area (Å²) in [6.07, 6.45) is 1.39. The van der Waals surface area contributed by atoms with Gasteiger partial charge in [-0.2, -0.15) is 5.10 Å². The van der Waals surface area contributed by atoms with Gasteiger partial charge < -0.3 is 5.32 Å². The number of halogens is 2. The first-order valence-corrected chi connectivity index (χ1v) is 10.7. The summed E-state index contributed by atoms with van der Waals surface area (Å²) in [4.78, 5) is 24.8. The Labute approximate surface area is 197 Å². The molecule has 0 spiro atoms. The van der Waals surface area contributed by atoms with Crippen molar-refractivity contribution in [2.45, 2.75) is 26.2 Å². The molecule has 0 saturated heterocycles. The molecule has 0 fully saturated rings. The van der Waals surface area contributed by atoms with Crippen LogP contribution >= 0.6 is 23.2 Å². The first-order valence-electron chi connectivity index (χ1n) is 9.94. The lowest BCUT2D eigenvalue weighted by Gasteiger charge is -2.19. The van der Waals surface area contributed by atoms with Gasteiger partial charge in [0, 0.05) is 22.4 Å². The summed E-state index contributed by atoms with van der Waals surface area (Å²) in [7, 11) is 0. The molecule has 2 N–H and O–H groups in total. The van der Waals surface area contributed by atoms with E-state index in [1.54, 1.807) is 54.6 Å². The maximum atomic E-state index is 12.5. The molecule has 0 saturated carbocycles. The monoisotopic (exact) mass is 467 g/mol. The van der Waals surface area contributed by atoms with Crippen LogP contribution in [0.15, 0.2) is 71.8 Å². The molecule has 0 aromatic heterocycles. The molecule has 3 aromatic carbocycles. The Kier molecular flexibility index (Phi) is 7.33. The van der Waals surface area contributed by atoms with Gasteiger partial charge in [-0.25, -0.2) is 5.43 Å². The van der Waals surface area contributed by atoms with Crippen molar-refractivity contribution in [3.8, 4) is 0 Å². The highest BCUT2D eigenvalue weighted by atomic mass is 35.5. The Morgan fingerprint density at radius 1 is 0.812 bits per heavy atom. The standard InChI is InChI=1S/C25H23Cl2N3O2/c1-25(2,3)18-11-7-16(8-12-18)23(31)29-19-13-9-17(10-14-19)24(32)30-28-15-20-21(26)5-4-6-22(20)27/h4-15H,1-3H3,(H,29,31)(H,30,32). The van der Waals surface area contributed by atoms with Crippen molar-refractivity contribution in [3.63, 3.8) is 0 Å². The van der Waals surface area contributed by atoms with E-state index in [4.69, 9.17) is 23.2 Å². The third-order valence-electron chi connectivity index (χ3n) is 4.78. The van der Waals surface area contributed by atoms with Gasteiger partial charge in [-0.3, -0.25) is 9.59 Å². The molecule has 0 unspecified atom stereocenters. The number of nitrogens with one attached hydrogen (secondary N) is 2. The Balaban J connectivity index is 1.60. The van der Waals surface area contributed by atoms with Gasteiger partial charge in [0.2, 0.25) is 0 Å². The summed E-state index contributed by atoms with van der Waals surface area (Å²) in [5.41, 5.74) is 5.66. The molecular weight excluding hydrogens is 445 g/mol. The maximum absolute atomic E-state index is 12.5. The van der Waals surface area contributed by atoms with Crippen molar-refractivity contribution in [2.75, 3.05) is 5.32 Å². The lowest BCUT2D eigenvalue weighted by atomic mass is 9.87. The predicted molar refractivity (Wildman–Crippen MR) is 131 cm³/mol. The number of nitrogens with zero attached hydrogens (tertiary/aromatic N) is 1. The zero-order valence-electron chi connectivity index (χ0n) is 17.9. The van der Waals surface area contributed by atoms with Crippen molar-refractivity contribution >= 4 is 46.9 Å². The molecule has 3 rings (SSSR count). The fourth-order valence-corrected chi connectivity index (χ4v) is 3.38. The van der Waals surface area contributed by atoms with E-state index in [0.717, 1.165) is 5.56 Å². The molecule has 0 atom stereocenters. The Hall–Kier alpha value is -3.15. The molecule has 5 nitrogen and oxygen atoms in total. The predicted octanol–water partition coefficient (Wildman–Crippen LogP) is 6.31. The fraction of sp³-hybridized carbons (Fsp3) is 0.160. The molecule has 0 bridgehead atoms. The molecule has 0 radical (unpaired) electrons. The number of rotatable bonds is 5. The average molecular weight is 468 g/mol. The SMILES string of the molecule is CC(C)(C)c1ccc(C(=O)Nc2ccc(C(=O)NN=Cc3c(Cl)cccc3Cl)cc2)cc1. The highest BCUT2D eigenvalue weighted by Gasteiger charge is 2.14. The van der Waals surface area contributed by atoms with Crippen LogP contribution in [0.4, 0.5) is 5.69 Å². The van der Waals surface area contributed by atoms with Crippen LogP contribution in [0.2, 0.25) is 10.0 Å². The molecule has 3 aromatic rings. The van der Waals surface area contributed by atoms with Crippen LogP contribution in [0.5, 0.6) is 0 Å². The normalized spacial score (nSPS) is 11.4. The minimum atomic E-state index is -0.403. The van der Waals surface area contributed by atoms with Gasteiger partial charge in [0.1, 0.15) is 0 Å². The Morgan fingerprint density at radius 2 is 1.34 bits per heavy atom. The van der Waals surface area contributed by atoms with Gasteiger partial charge in [-0.05, 0) is 59.5 Å². The van der Waals surface area contributed by atoms with Crippen molar-refractivity contribution in [2.24, 2.45) is 5.10 Å². The molecular formula is C25H23Cl2N3O2. The van der Waals surface area contributed by atoms with Gasteiger partial charge in [0.15, 0.2) is 0 Å². The van der Waals surface area contributed by atoms with Crippen molar-refractivity contribution in [1.29, 1.82) is 0 Å². The zero-order chi connectivity index (χ0) is 23.3. The van der Waals surface area contributed by atoms with Crippen LogP contribution < -0.4 is 10.7 Å². The van der Waals surface area contributed by atoms with Crippen molar-refractivity contribution in [1.82, 2.24) is 5.43 Å². The van der Waals surface area contributed by atoms with E-state index in [1.807, 2.05) is 12.1 Å². The minimum Gasteiger partial charge on any atom is -0.322 e. The van der Waals surface area contributed by atoms with Crippen LogP contribution in [-0.4, -0.2) is 18.0 Å². The second-order valence-electron chi connectivity index (χ2n) is 8.19. The quantitative estimate of drug-likeness (QED) is 0.341. The fourth-order valence-electron chi connectivity index (χ4n) is 2.88. The van der Waals surface area contributed by atoms with E-state index < -0.39 is 5.91 Å². The van der Waals surface area contributed by atoms with Crippen molar-refractivity contribution < 1.29 is 9.59 Å². The Bertz CT molecular complexity index is 1130. The molecule has 0 heterocycles. The number of hydrazone groups is 1. The van der Waals surface area contributed by atoms with Gasteiger partial charge in [-0.15, -0.1) is 0 Å². The molecule has 0 aliphatic heterocycles. The molecule has 32 heavy (non-hydrogen) atoms. The largest absolute Gasteiger partial charge is 0.322 e. The minimum absolute atomic E-state index is 0.0229. The van der Waals surface area contributed by atoms with E-state index in [2.05, 4.69) is 36.6 Å². The van der Waals surface area contributed by atoms with E-state index in [0.29, 0.717) is 32.4 Å². The summed E-state index contributed by atoms with van der Waals surface area (Å²) >= 11 is 12.1. The molecule has 0 aliphatic carbocycles. The summed E-state index contributed by atoms with van der Waals surface area (Å²) in [5, 5.41) is 7.61. The van der Waals surface area contributed by atoms with E-state index in [-0.39, 0.29) is 11.3 Å². The van der Waals surface area contributed by atoms with Gasteiger partial charge in [0.05, 0.1) is 16.3 Å². The maximum Gasteiger partial charge on any atom is 0.271 e. The van der Waals surface area contributed by atoms with Gasteiger partial charge in [0.25, 0.3) is 11.8 Å². The highest BCUT2D eigenvalue weighted by Crippen LogP contribution is 2.23. The summed E-state index contributed by atoms with van der Waals surface area (Å²) in [6.45, 7) is 6.37.